The average molecular weight is 325 g/mol. The second-order valence-electron chi connectivity index (χ2n) is 5.97. The van der Waals surface area contributed by atoms with Crippen molar-refractivity contribution >= 4 is 17.5 Å². The van der Waals surface area contributed by atoms with Gasteiger partial charge in [0.15, 0.2) is 0 Å². The van der Waals surface area contributed by atoms with Gasteiger partial charge in [-0.2, -0.15) is 0 Å². The lowest BCUT2D eigenvalue weighted by Crippen LogP contribution is -2.28. The van der Waals surface area contributed by atoms with Crippen molar-refractivity contribution in [3.8, 4) is 0 Å². The third-order valence-electron chi connectivity index (χ3n) is 4.13. The molecule has 24 heavy (non-hydrogen) atoms. The van der Waals surface area contributed by atoms with Gasteiger partial charge in [0, 0.05) is 43.9 Å². The molecule has 3 heterocycles. The minimum Gasteiger partial charge on any atom is -0.357 e. The Balaban J connectivity index is 1.49. The van der Waals surface area contributed by atoms with Gasteiger partial charge in [-0.1, -0.05) is 18.9 Å². The molecule has 6 heteroatoms. The van der Waals surface area contributed by atoms with E-state index in [1.54, 1.807) is 24.5 Å². The maximum absolute atomic E-state index is 11.9. The minimum atomic E-state index is -0.238. The maximum Gasteiger partial charge on any atom is 0.319 e. The summed E-state index contributed by atoms with van der Waals surface area (Å²) in [5.74, 6) is 1.03. The number of anilines is 2. The van der Waals surface area contributed by atoms with E-state index >= 15 is 0 Å². The van der Waals surface area contributed by atoms with Crippen LogP contribution in [0.4, 0.5) is 16.3 Å². The highest BCUT2D eigenvalue weighted by molar-refractivity contribution is 5.88. The van der Waals surface area contributed by atoms with Crippen LogP contribution in [-0.2, 0) is 6.54 Å². The molecule has 1 fully saturated rings. The summed E-state index contributed by atoms with van der Waals surface area (Å²) in [6.07, 6.45) is 10.2. The molecular formula is C18H23N5O. The van der Waals surface area contributed by atoms with Gasteiger partial charge in [0.2, 0.25) is 0 Å². The van der Waals surface area contributed by atoms with E-state index in [-0.39, 0.29) is 6.03 Å². The van der Waals surface area contributed by atoms with Crippen LogP contribution < -0.4 is 15.5 Å². The second kappa shape index (κ2) is 8.29. The van der Waals surface area contributed by atoms with E-state index in [2.05, 4.69) is 25.5 Å². The molecule has 2 N–H and O–H groups in total. The standard InChI is InChI=1S/C18H23N5O/c24-18(22-16-7-9-19-10-8-16)21-14-15-5-6-17(20-13-15)23-11-3-1-2-4-12-23/h5-10,13H,1-4,11-12,14H2,(H2,19,21,22,24). The molecule has 2 amide bonds. The number of nitrogens with zero attached hydrogens (tertiary/aromatic N) is 3. The monoisotopic (exact) mass is 325 g/mol. The van der Waals surface area contributed by atoms with Crippen LogP contribution in [-0.4, -0.2) is 29.1 Å². The molecule has 3 rings (SSSR count). The topological polar surface area (TPSA) is 70.2 Å². The van der Waals surface area contributed by atoms with Gasteiger partial charge in [0.05, 0.1) is 0 Å². The third-order valence-corrected chi connectivity index (χ3v) is 4.13. The van der Waals surface area contributed by atoms with E-state index < -0.39 is 0 Å². The molecule has 2 aromatic heterocycles. The Morgan fingerprint density at radius 2 is 1.79 bits per heavy atom. The van der Waals surface area contributed by atoms with Crippen LogP contribution in [0.5, 0.6) is 0 Å². The van der Waals surface area contributed by atoms with Crippen LogP contribution in [0.15, 0.2) is 42.9 Å². The molecule has 1 saturated heterocycles. The first-order valence-electron chi connectivity index (χ1n) is 8.46. The van der Waals surface area contributed by atoms with E-state index in [4.69, 9.17) is 0 Å². The molecule has 0 spiro atoms. The summed E-state index contributed by atoms with van der Waals surface area (Å²) in [5.41, 5.74) is 1.70. The number of hydrogen-bond donors (Lipinski definition) is 2. The number of carbonyl (C=O) groups is 1. The molecule has 0 atom stereocenters. The molecule has 0 aromatic carbocycles. The first-order valence-corrected chi connectivity index (χ1v) is 8.46. The molecule has 0 aliphatic carbocycles. The highest BCUT2D eigenvalue weighted by Gasteiger charge is 2.10. The predicted octanol–water partition coefficient (Wildman–Crippen LogP) is 3.18. The molecule has 1 aliphatic heterocycles. The zero-order valence-corrected chi connectivity index (χ0v) is 13.7. The summed E-state index contributed by atoms with van der Waals surface area (Å²) in [6.45, 7) is 2.61. The fourth-order valence-corrected chi connectivity index (χ4v) is 2.80. The number of urea groups is 1. The summed E-state index contributed by atoms with van der Waals surface area (Å²) in [4.78, 5) is 22.7. The summed E-state index contributed by atoms with van der Waals surface area (Å²) < 4.78 is 0. The zero-order valence-electron chi connectivity index (χ0n) is 13.7. The van der Waals surface area contributed by atoms with E-state index in [9.17, 15) is 4.79 Å². The SMILES string of the molecule is O=C(NCc1ccc(N2CCCCCC2)nc1)Nc1ccncc1. The first-order chi connectivity index (χ1) is 11.8. The van der Waals surface area contributed by atoms with Gasteiger partial charge in [-0.15, -0.1) is 0 Å². The Kier molecular flexibility index (Phi) is 5.61. The number of hydrogen-bond acceptors (Lipinski definition) is 4. The lowest BCUT2D eigenvalue weighted by Gasteiger charge is -2.21. The smallest absolute Gasteiger partial charge is 0.319 e. The summed E-state index contributed by atoms with van der Waals surface area (Å²) in [5, 5.41) is 5.60. The number of nitrogens with one attached hydrogen (secondary N) is 2. The van der Waals surface area contributed by atoms with Crippen LogP contribution in [0.2, 0.25) is 0 Å². The minimum absolute atomic E-state index is 0.238. The Hall–Kier alpha value is -2.63. The number of aromatic nitrogens is 2. The Morgan fingerprint density at radius 3 is 2.46 bits per heavy atom. The van der Waals surface area contributed by atoms with Gasteiger partial charge in [0.1, 0.15) is 5.82 Å². The second-order valence-corrected chi connectivity index (χ2v) is 5.97. The lowest BCUT2D eigenvalue weighted by molar-refractivity contribution is 0.251. The van der Waals surface area contributed by atoms with Crippen molar-refractivity contribution in [1.82, 2.24) is 15.3 Å². The molecular weight excluding hydrogens is 302 g/mol. The third kappa shape index (κ3) is 4.68. The van der Waals surface area contributed by atoms with Crippen molar-refractivity contribution in [3.63, 3.8) is 0 Å². The van der Waals surface area contributed by atoms with E-state index in [0.717, 1.165) is 30.2 Å². The van der Waals surface area contributed by atoms with Crippen LogP contribution in [0.3, 0.4) is 0 Å². The van der Waals surface area contributed by atoms with Gasteiger partial charge < -0.3 is 15.5 Å². The van der Waals surface area contributed by atoms with Gasteiger partial charge in [-0.05, 0) is 36.6 Å². The predicted molar refractivity (Wildman–Crippen MR) is 95.0 cm³/mol. The fourth-order valence-electron chi connectivity index (χ4n) is 2.80. The summed E-state index contributed by atoms with van der Waals surface area (Å²) in [6, 6.07) is 7.33. The molecule has 0 saturated carbocycles. The summed E-state index contributed by atoms with van der Waals surface area (Å²) in [7, 11) is 0. The van der Waals surface area contributed by atoms with Gasteiger partial charge >= 0.3 is 6.03 Å². The van der Waals surface area contributed by atoms with E-state index in [1.165, 1.54) is 25.7 Å². The Morgan fingerprint density at radius 1 is 1.04 bits per heavy atom. The number of pyridine rings is 2. The quantitative estimate of drug-likeness (QED) is 0.906. The van der Waals surface area contributed by atoms with Gasteiger partial charge in [0.25, 0.3) is 0 Å². The Labute approximate surface area is 142 Å². The zero-order chi connectivity index (χ0) is 16.6. The van der Waals surface area contributed by atoms with E-state index in [0.29, 0.717) is 6.54 Å². The van der Waals surface area contributed by atoms with Crippen LogP contribution >= 0.6 is 0 Å². The van der Waals surface area contributed by atoms with E-state index in [1.807, 2.05) is 18.3 Å². The van der Waals surface area contributed by atoms with Crippen molar-refractivity contribution in [1.29, 1.82) is 0 Å². The van der Waals surface area contributed by atoms with Crippen LogP contribution in [0.25, 0.3) is 0 Å². The first kappa shape index (κ1) is 16.2. The van der Waals surface area contributed by atoms with Crippen LogP contribution in [0.1, 0.15) is 31.2 Å². The van der Waals surface area contributed by atoms with Crippen molar-refractivity contribution < 1.29 is 4.79 Å². The van der Waals surface area contributed by atoms with Gasteiger partial charge in [-0.25, -0.2) is 9.78 Å². The summed E-state index contributed by atoms with van der Waals surface area (Å²) >= 11 is 0. The lowest BCUT2D eigenvalue weighted by atomic mass is 10.2. The normalized spacial score (nSPS) is 14.8. The number of carbonyl (C=O) groups excluding carboxylic acids is 1. The van der Waals surface area contributed by atoms with Crippen molar-refractivity contribution in [3.05, 3.63) is 48.4 Å². The molecule has 0 unspecified atom stereocenters. The maximum atomic E-state index is 11.9. The molecule has 1 aliphatic rings. The number of amides is 2. The highest BCUT2D eigenvalue weighted by Crippen LogP contribution is 2.17. The van der Waals surface area contributed by atoms with Crippen molar-refractivity contribution in [2.24, 2.45) is 0 Å². The largest absolute Gasteiger partial charge is 0.357 e. The molecule has 2 aromatic rings. The Bertz CT molecular complexity index is 636. The molecule has 6 nitrogen and oxygen atoms in total. The average Bonchev–Trinajstić information content (AvgIpc) is 2.91. The highest BCUT2D eigenvalue weighted by atomic mass is 16.2. The number of rotatable bonds is 4. The van der Waals surface area contributed by atoms with Crippen molar-refractivity contribution in [2.75, 3.05) is 23.3 Å². The molecule has 0 radical (unpaired) electrons. The van der Waals surface area contributed by atoms with Gasteiger partial charge in [-0.3, -0.25) is 4.98 Å². The van der Waals surface area contributed by atoms with Crippen molar-refractivity contribution in [2.45, 2.75) is 32.2 Å². The molecule has 126 valence electrons. The molecule has 0 bridgehead atoms. The fraction of sp³-hybridized carbons (Fsp3) is 0.389. The van der Waals surface area contributed by atoms with Crippen LogP contribution in [0, 0.1) is 0 Å².